The van der Waals surface area contributed by atoms with Gasteiger partial charge in [0.15, 0.2) is 0 Å². The molecule has 0 aliphatic carbocycles. The summed E-state index contributed by atoms with van der Waals surface area (Å²) in [6, 6.07) is 0.223. The number of carbonyl (C=O) groups excluding carboxylic acids is 2. The van der Waals surface area contributed by atoms with Crippen molar-refractivity contribution in [2.75, 3.05) is 26.8 Å². The molecule has 0 aromatic carbocycles. The lowest BCUT2D eigenvalue weighted by atomic mass is 10.0. The van der Waals surface area contributed by atoms with E-state index >= 15 is 0 Å². The Balaban J connectivity index is 2.22. The van der Waals surface area contributed by atoms with E-state index in [1.165, 1.54) is 7.11 Å². The van der Waals surface area contributed by atoms with Gasteiger partial charge < -0.3 is 15.0 Å². The molecule has 1 aliphatic rings. The number of rotatable bonds is 6. The molecule has 5 nitrogen and oxygen atoms in total. The number of hydrogen-bond acceptors (Lipinski definition) is 3. The number of unbranched alkanes of at least 4 members (excludes halogenated alkanes) is 1. The standard InChI is InChI=1S/C13H24N2O3/c1-3-4-5-12(16)14-11-6-8-15(9-7-11)13(17)10-18-2/h11H,3-10H2,1-2H3,(H,14,16). The first-order valence-electron chi connectivity index (χ1n) is 6.73. The number of hydrogen-bond donors (Lipinski definition) is 1. The number of ether oxygens (including phenoxy) is 1. The zero-order chi connectivity index (χ0) is 13.4. The largest absolute Gasteiger partial charge is 0.375 e. The number of methoxy groups -OCH3 is 1. The molecule has 18 heavy (non-hydrogen) atoms. The second-order valence-corrected chi connectivity index (χ2v) is 4.76. The van der Waals surface area contributed by atoms with Gasteiger partial charge in [0.25, 0.3) is 0 Å². The normalized spacial score (nSPS) is 16.7. The van der Waals surface area contributed by atoms with E-state index in [0.717, 1.165) is 25.7 Å². The van der Waals surface area contributed by atoms with Crippen LogP contribution in [0.2, 0.25) is 0 Å². The number of nitrogens with one attached hydrogen (secondary N) is 1. The Morgan fingerprint density at radius 3 is 2.56 bits per heavy atom. The Kier molecular flexibility index (Phi) is 6.72. The van der Waals surface area contributed by atoms with Gasteiger partial charge in [0.05, 0.1) is 0 Å². The van der Waals surface area contributed by atoms with Crippen LogP contribution >= 0.6 is 0 Å². The van der Waals surface area contributed by atoms with E-state index in [2.05, 4.69) is 12.2 Å². The molecule has 1 N–H and O–H groups in total. The van der Waals surface area contributed by atoms with Crippen molar-refractivity contribution in [1.82, 2.24) is 10.2 Å². The van der Waals surface area contributed by atoms with Crippen LogP contribution in [-0.2, 0) is 14.3 Å². The first-order valence-corrected chi connectivity index (χ1v) is 6.73. The molecule has 0 atom stereocenters. The number of likely N-dealkylation sites (tertiary alicyclic amines) is 1. The lowest BCUT2D eigenvalue weighted by molar-refractivity contribution is -0.136. The van der Waals surface area contributed by atoms with Gasteiger partial charge in [-0.15, -0.1) is 0 Å². The molecule has 0 radical (unpaired) electrons. The van der Waals surface area contributed by atoms with E-state index < -0.39 is 0 Å². The molecule has 5 heteroatoms. The van der Waals surface area contributed by atoms with E-state index in [1.54, 1.807) is 4.90 Å². The molecule has 0 aromatic rings. The third-order valence-electron chi connectivity index (χ3n) is 3.24. The minimum absolute atomic E-state index is 0.0354. The maximum absolute atomic E-state index is 11.6. The zero-order valence-electron chi connectivity index (χ0n) is 11.4. The molecule has 1 saturated heterocycles. The summed E-state index contributed by atoms with van der Waals surface area (Å²) < 4.78 is 4.83. The van der Waals surface area contributed by atoms with E-state index in [0.29, 0.717) is 19.5 Å². The summed E-state index contributed by atoms with van der Waals surface area (Å²) in [7, 11) is 1.53. The fourth-order valence-corrected chi connectivity index (χ4v) is 2.13. The van der Waals surface area contributed by atoms with Crippen molar-refractivity contribution in [3.05, 3.63) is 0 Å². The SMILES string of the molecule is CCCCC(=O)NC1CCN(C(=O)COC)CC1. The summed E-state index contributed by atoms with van der Waals surface area (Å²) in [5.41, 5.74) is 0. The minimum atomic E-state index is 0.0354. The van der Waals surface area contributed by atoms with E-state index in [-0.39, 0.29) is 24.5 Å². The topological polar surface area (TPSA) is 58.6 Å². The average molecular weight is 256 g/mol. The Morgan fingerprint density at radius 1 is 1.33 bits per heavy atom. The minimum Gasteiger partial charge on any atom is -0.375 e. The molecule has 1 heterocycles. The van der Waals surface area contributed by atoms with E-state index in [1.807, 2.05) is 0 Å². The summed E-state index contributed by atoms with van der Waals surface area (Å²) in [4.78, 5) is 25.0. The highest BCUT2D eigenvalue weighted by Gasteiger charge is 2.23. The fourth-order valence-electron chi connectivity index (χ4n) is 2.13. The summed E-state index contributed by atoms with van der Waals surface area (Å²) in [5, 5.41) is 3.04. The fraction of sp³-hybridized carbons (Fsp3) is 0.846. The number of carbonyl (C=O) groups is 2. The quantitative estimate of drug-likeness (QED) is 0.769. The van der Waals surface area contributed by atoms with E-state index in [4.69, 9.17) is 4.74 Å². The van der Waals surface area contributed by atoms with Crippen LogP contribution in [0.25, 0.3) is 0 Å². The van der Waals surface area contributed by atoms with Gasteiger partial charge in [-0.05, 0) is 19.3 Å². The van der Waals surface area contributed by atoms with Gasteiger partial charge in [0.2, 0.25) is 11.8 Å². The van der Waals surface area contributed by atoms with Gasteiger partial charge in [0.1, 0.15) is 6.61 Å². The molecular weight excluding hydrogens is 232 g/mol. The molecule has 1 rings (SSSR count). The van der Waals surface area contributed by atoms with Crippen molar-refractivity contribution in [2.45, 2.75) is 45.1 Å². The van der Waals surface area contributed by atoms with Crippen LogP contribution in [-0.4, -0.2) is 49.6 Å². The molecule has 0 aromatic heterocycles. The van der Waals surface area contributed by atoms with Crippen LogP contribution in [0.1, 0.15) is 39.0 Å². The molecule has 0 saturated carbocycles. The van der Waals surface area contributed by atoms with Crippen molar-refractivity contribution in [3.8, 4) is 0 Å². The second-order valence-electron chi connectivity index (χ2n) is 4.76. The third kappa shape index (κ3) is 5.04. The highest BCUT2D eigenvalue weighted by molar-refractivity contribution is 5.78. The summed E-state index contributed by atoms with van der Waals surface area (Å²) in [6.07, 6.45) is 4.27. The first-order chi connectivity index (χ1) is 8.67. The molecule has 2 amide bonds. The Morgan fingerprint density at radius 2 is 2.00 bits per heavy atom. The van der Waals surface area contributed by atoms with Gasteiger partial charge >= 0.3 is 0 Å². The molecule has 0 unspecified atom stereocenters. The molecule has 1 aliphatic heterocycles. The number of nitrogens with zero attached hydrogens (tertiary/aromatic N) is 1. The Labute approximate surface area is 109 Å². The highest BCUT2D eigenvalue weighted by atomic mass is 16.5. The van der Waals surface area contributed by atoms with Crippen LogP contribution < -0.4 is 5.32 Å². The Bertz CT molecular complexity index is 273. The van der Waals surface area contributed by atoms with Gasteiger partial charge in [-0.2, -0.15) is 0 Å². The summed E-state index contributed by atoms with van der Waals surface area (Å²) in [6.45, 7) is 3.64. The van der Waals surface area contributed by atoms with Crippen LogP contribution in [0.3, 0.4) is 0 Å². The molecule has 1 fully saturated rings. The number of amides is 2. The van der Waals surface area contributed by atoms with Gasteiger partial charge in [-0.3, -0.25) is 9.59 Å². The Hall–Kier alpha value is -1.10. The number of piperidine rings is 1. The maximum Gasteiger partial charge on any atom is 0.248 e. The van der Waals surface area contributed by atoms with Crippen molar-refractivity contribution < 1.29 is 14.3 Å². The first kappa shape index (κ1) is 15.0. The van der Waals surface area contributed by atoms with Crippen molar-refractivity contribution in [3.63, 3.8) is 0 Å². The monoisotopic (exact) mass is 256 g/mol. The maximum atomic E-state index is 11.6. The summed E-state index contributed by atoms with van der Waals surface area (Å²) in [5.74, 6) is 0.173. The predicted octanol–water partition coefficient (Wildman–Crippen LogP) is 0.930. The predicted molar refractivity (Wildman–Crippen MR) is 69.1 cm³/mol. The van der Waals surface area contributed by atoms with Crippen molar-refractivity contribution in [2.24, 2.45) is 0 Å². The third-order valence-corrected chi connectivity index (χ3v) is 3.24. The molecule has 104 valence electrons. The zero-order valence-corrected chi connectivity index (χ0v) is 11.4. The van der Waals surface area contributed by atoms with Gasteiger partial charge in [-0.1, -0.05) is 13.3 Å². The van der Waals surface area contributed by atoms with Crippen LogP contribution in [0.4, 0.5) is 0 Å². The second kappa shape index (κ2) is 8.08. The molecule has 0 bridgehead atoms. The van der Waals surface area contributed by atoms with Crippen molar-refractivity contribution in [1.29, 1.82) is 0 Å². The van der Waals surface area contributed by atoms with Gasteiger partial charge in [-0.25, -0.2) is 0 Å². The van der Waals surface area contributed by atoms with E-state index in [9.17, 15) is 9.59 Å². The molecular formula is C13H24N2O3. The highest BCUT2D eigenvalue weighted by Crippen LogP contribution is 2.11. The average Bonchev–Trinajstić information content (AvgIpc) is 2.37. The summed E-state index contributed by atoms with van der Waals surface area (Å²) >= 11 is 0. The van der Waals surface area contributed by atoms with Crippen LogP contribution in [0.15, 0.2) is 0 Å². The molecule has 0 spiro atoms. The van der Waals surface area contributed by atoms with Crippen molar-refractivity contribution >= 4 is 11.8 Å². The van der Waals surface area contributed by atoms with Crippen LogP contribution in [0.5, 0.6) is 0 Å². The van der Waals surface area contributed by atoms with Crippen LogP contribution in [0, 0.1) is 0 Å². The lowest BCUT2D eigenvalue weighted by Crippen LogP contribution is -2.47. The smallest absolute Gasteiger partial charge is 0.248 e. The van der Waals surface area contributed by atoms with Gasteiger partial charge in [0, 0.05) is 32.7 Å². The lowest BCUT2D eigenvalue weighted by Gasteiger charge is -2.32.